The molecule has 0 radical (unpaired) electrons. The average molecular weight is 313 g/mol. The van der Waals surface area contributed by atoms with E-state index in [0.717, 1.165) is 42.0 Å². The molecule has 3 nitrogen and oxygen atoms in total. The molecule has 0 fully saturated rings. The molecule has 2 aromatic rings. The van der Waals surface area contributed by atoms with Crippen LogP contribution in [0.2, 0.25) is 5.02 Å². The number of oxazole rings is 1. The molecule has 1 atom stereocenters. The Labute approximate surface area is 135 Å². The van der Waals surface area contributed by atoms with Gasteiger partial charge in [0.2, 0.25) is 5.89 Å². The third-order valence-electron chi connectivity index (χ3n) is 3.91. The van der Waals surface area contributed by atoms with E-state index < -0.39 is 0 Å². The summed E-state index contributed by atoms with van der Waals surface area (Å²) in [6.07, 6.45) is 5.99. The number of aromatic nitrogens is 1. The number of benzene rings is 1. The van der Waals surface area contributed by atoms with Crippen molar-refractivity contribution in [2.45, 2.75) is 19.3 Å². The Balaban J connectivity index is 1.90. The van der Waals surface area contributed by atoms with Crippen LogP contribution in [0.15, 0.2) is 59.1 Å². The molecule has 0 bridgehead atoms. The smallest absolute Gasteiger partial charge is 0.228 e. The van der Waals surface area contributed by atoms with Gasteiger partial charge in [-0.25, -0.2) is 4.98 Å². The lowest BCUT2D eigenvalue weighted by Crippen LogP contribution is -2.20. The lowest BCUT2D eigenvalue weighted by Gasteiger charge is -2.19. The molecule has 22 heavy (non-hydrogen) atoms. The highest BCUT2D eigenvalue weighted by Crippen LogP contribution is 2.33. The lowest BCUT2D eigenvalue weighted by atomic mass is 9.86. The first kappa shape index (κ1) is 14.8. The molecule has 112 valence electrons. The van der Waals surface area contributed by atoms with Crippen molar-refractivity contribution in [3.05, 3.63) is 66.2 Å². The minimum Gasteiger partial charge on any atom is -0.441 e. The second-order valence-electron chi connectivity index (χ2n) is 5.25. The molecule has 0 spiro atoms. The Hall–Kier alpha value is -2.13. The number of aryl methyl sites for hydroxylation is 1. The molecule has 0 saturated heterocycles. The molecule has 3 rings (SSSR count). The molecule has 1 aliphatic carbocycles. The van der Waals surface area contributed by atoms with Crippen LogP contribution in [0.4, 0.5) is 0 Å². The largest absolute Gasteiger partial charge is 0.441 e. The third-order valence-corrected chi connectivity index (χ3v) is 4.24. The first-order chi connectivity index (χ1) is 10.7. The average Bonchev–Trinajstić information content (AvgIpc) is 2.95. The van der Waals surface area contributed by atoms with Crippen LogP contribution in [0.1, 0.15) is 17.9 Å². The Morgan fingerprint density at radius 3 is 2.91 bits per heavy atom. The van der Waals surface area contributed by atoms with E-state index in [2.05, 4.69) is 23.1 Å². The van der Waals surface area contributed by atoms with Gasteiger partial charge in [0.15, 0.2) is 0 Å². The predicted molar refractivity (Wildman–Crippen MR) is 90.3 cm³/mol. The third kappa shape index (κ3) is 2.77. The Morgan fingerprint density at radius 2 is 2.18 bits per heavy atom. The van der Waals surface area contributed by atoms with E-state index in [4.69, 9.17) is 16.0 Å². The monoisotopic (exact) mass is 312 g/mol. The lowest BCUT2D eigenvalue weighted by molar-refractivity contribution is 0.456. The molecule has 0 N–H and O–H groups in total. The van der Waals surface area contributed by atoms with Crippen LogP contribution in [0, 0.1) is 5.92 Å². The topological polar surface area (TPSA) is 38.4 Å². The van der Waals surface area contributed by atoms with Gasteiger partial charge in [0.1, 0.15) is 5.76 Å². The van der Waals surface area contributed by atoms with Gasteiger partial charge in [0, 0.05) is 24.3 Å². The molecular weight excluding hydrogens is 296 g/mol. The second-order valence-corrected chi connectivity index (χ2v) is 5.66. The quantitative estimate of drug-likeness (QED) is 0.755. The first-order valence-electron chi connectivity index (χ1n) is 7.27. The van der Waals surface area contributed by atoms with Crippen molar-refractivity contribution in [3.8, 4) is 11.5 Å². The first-order valence-corrected chi connectivity index (χ1v) is 7.65. The number of halogens is 1. The van der Waals surface area contributed by atoms with Gasteiger partial charge in [-0.15, -0.1) is 0 Å². The van der Waals surface area contributed by atoms with E-state index in [1.54, 1.807) is 12.3 Å². The summed E-state index contributed by atoms with van der Waals surface area (Å²) in [6, 6.07) is 7.59. The highest BCUT2D eigenvalue weighted by atomic mass is 35.5. The number of allylic oxidation sites excluding steroid dienone is 1. The molecule has 0 aliphatic heterocycles. The summed E-state index contributed by atoms with van der Waals surface area (Å²) in [6.45, 7) is 7.49. The fourth-order valence-electron chi connectivity index (χ4n) is 2.81. The van der Waals surface area contributed by atoms with Crippen molar-refractivity contribution in [1.82, 2.24) is 4.98 Å². The van der Waals surface area contributed by atoms with Crippen LogP contribution in [-0.2, 0) is 12.8 Å². The van der Waals surface area contributed by atoms with Crippen molar-refractivity contribution >= 4 is 17.3 Å². The highest BCUT2D eigenvalue weighted by molar-refractivity contribution is 6.33. The van der Waals surface area contributed by atoms with Gasteiger partial charge in [-0.05, 0) is 31.1 Å². The minimum atomic E-state index is 0.301. The molecule has 4 heteroatoms. The fourth-order valence-corrected chi connectivity index (χ4v) is 3.02. The number of rotatable bonds is 4. The maximum absolute atomic E-state index is 6.22. The van der Waals surface area contributed by atoms with Crippen molar-refractivity contribution in [3.63, 3.8) is 0 Å². The predicted octanol–water partition coefficient (Wildman–Crippen LogP) is 4.87. The zero-order chi connectivity index (χ0) is 15.5. The van der Waals surface area contributed by atoms with Crippen LogP contribution in [0.5, 0.6) is 0 Å². The Morgan fingerprint density at radius 1 is 1.36 bits per heavy atom. The summed E-state index contributed by atoms with van der Waals surface area (Å²) in [5, 5.41) is 0.651. The van der Waals surface area contributed by atoms with Crippen LogP contribution >= 0.6 is 11.6 Å². The molecule has 0 amide bonds. The molecule has 1 heterocycles. The van der Waals surface area contributed by atoms with Crippen molar-refractivity contribution in [2.24, 2.45) is 10.9 Å². The summed E-state index contributed by atoms with van der Waals surface area (Å²) in [5.41, 5.74) is 2.81. The number of hydrogen-bond acceptors (Lipinski definition) is 3. The molecule has 1 unspecified atom stereocenters. The summed E-state index contributed by atoms with van der Waals surface area (Å²) in [4.78, 5) is 8.91. The van der Waals surface area contributed by atoms with E-state index in [0.29, 0.717) is 16.8 Å². The zero-order valence-corrected chi connectivity index (χ0v) is 13.0. The number of hydrogen-bond donors (Lipinski definition) is 0. The van der Waals surface area contributed by atoms with E-state index in [1.807, 2.05) is 24.3 Å². The van der Waals surface area contributed by atoms with E-state index in [9.17, 15) is 0 Å². The maximum Gasteiger partial charge on any atom is 0.228 e. The fraction of sp³-hybridized carbons (Fsp3) is 0.222. The van der Waals surface area contributed by atoms with Crippen LogP contribution in [0.25, 0.3) is 11.5 Å². The number of aliphatic imine (C=N–C) groups is 1. The highest BCUT2D eigenvalue weighted by Gasteiger charge is 2.27. The van der Waals surface area contributed by atoms with Crippen molar-refractivity contribution < 1.29 is 4.42 Å². The van der Waals surface area contributed by atoms with Crippen LogP contribution < -0.4 is 0 Å². The number of fused-ring (bicyclic) bond motifs is 1. The number of nitrogens with zero attached hydrogens (tertiary/aromatic N) is 2. The maximum atomic E-state index is 6.22. The van der Waals surface area contributed by atoms with Gasteiger partial charge < -0.3 is 4.42 Å². The van der Waals surface area contributed by atoms with Gasteiger partial charge in [-0.1, -0.05) is 36.9 Å². The van der Waals surface area contributed by atoms with Crippen molar-refractivity contribution in [2.75, 3.05) is 0 Å². The SMILES string of the molecule is C=CN=C(C=C)C1CCc2nc(-c3ccccc3Cl)oc2C1. The minimum absolute atomic E-state index is 0.301. The molecule has 1 aromatic heterocycles. The molecule has 0 saturated carbocycles. The van der Waals surface area contributed by atoms with Gasteiger partial charge in [-0.3, -0.25) is 4.99 Å². The Kier molecular flexibility index (Phi) is 4.25. The normalized spacial score (nSPS) is 17.9. The van der Waals surface area contributed by atoms with E-state index in [-0.39, 0.29) is 0 Å². The van der Waals surface area contributed by atoms with E-state index in [1.165, 1.54) is 0 Å². The second kappa shape index (κ2) is 6.32. The molecular formula is C18H17ClN2O. The standard InChI is InChI=1S/C18H17ClN2O/c1-3-15(20-4-2)12-9-10-16-17(11-12)22-18(21-16)13-7-5-6-8-14(13)19/h3-8,12H,1-2,9-11H2. The summed E-state index contributed by atoms with van der Waals surface area (Å²) in [5.74, 6) is 1.82. The van der Waals surface area contributed by atoms with E-state index >= 15 is 0 Å². The van der Waals surface area contributed by atoms with Gasteiger partial charge in [-0.2, -0.15) is 0 Å². The van der Waals surface area contributed by atoms with Gasteiger partial charge in [0.25, 0.3) is 0 Å². The van der Waals surface area contributed by atoms with Crippen LogP contribution in [-0.4, -0.2) is 10.7 Å². The summed E-state index contributed by atoms with van der Waals surface area (Å²) >= 11 is 6.22. The molecule has 1 aromatic carbocycles. The zero-order valence-electron chi connectivity index (χ0n) is 12.3. The van der Waals surface area contributed by atoms with Gasteiger partial charge >= 0.3 is 0 Å². The summed E-state index contributed by atoms with van der Waals surface area (Å²) in [7, 11) is 0. The van der Waals surface area contributed by atoms with Crippen molar-refractivity contribution in [1.29, 1.82) is 0 Å². The van der Waals surface area contributed by atoms with Crippen LogP contribution in [0.3, 0.4) is 0 Å². The van der Waals surface area contributed by atoms with Gasteiger partial charge in [0.05, 0.1) is 16.3 Å². The Bertz CT molecular complexity index is 745. The molecule has 1 aliphatic rings. The summed E-state index contributed by atoms with van der Waals surface area (Å²) < 4.78 is 5.97.